The largest absolute Gasteiger partial charge is 0.497 e. The zero-order valence-corrected chi connectivity index (χ0v) is 23.1. The second kappa shape index (κ2) is 13.7. The van der Waals surface area contributed by atoms with Gasteiger partial charge in [0.15, 0.2) is 0 Å². The van der Waals surface area contributed by atoms with E-state index in [9.17, 15) is 9.59 Å². The van der Waals surface area contributed by atoms with Gasteiger partial charge in [-0.25, -0.2) is 0 Å². The van der Waals surface area contributed by atoms with E-state index in [0.717, 1.165) is 23.3 Å². The van der Waals surface area contributed by atoms with Crippen LogP contribution < -0.4 is 4.74 Å². The van der Waals surface area contributed by atoms with Crippen LogP contribution in [0.4, 0.5) is 0 Å². The Morgan fingerprint density at radius 2 is 1.45 bits per heavy atom. The Morgan fingerprint density at radius 3 is 1.91 bits per heavy atom. The van der Waals surface area contributed by atoms with Crippen molar-refractivity contribution in [1.82, 2.24) is 0 Å². The lowest BCUT2D eigenvalue weighted by Crippen LogP contribution is -2.48. The van der Waals surface area contributed by atoms with Crippen LogP contribution in [0.5, 0.6) is 5.75 Å². The van der Waals surface area contributed by atoms with Crippen LogP contribution in [0.2, 0.25) is 16.6 Å². The van der Waals surface area contributed by atoms with Gasteiger partial charge in [-0.15, -0.1) is 0 Å². The highest BCUT2D eigenvalue weighted by atomic mass is 28.4. The number of hydrogen-bond acceptors (Lipinski definition) is 5. The van der Waals surface area contributed by atoms with Crippen molar-refractivity contribution in [3.63, 3.8) is 0 Å². The van der Waals surface area contributed by atoms with Crippen molar-refractivity contribution in [2.24, 2.45) is 0 Å². The number of carbonyl (C=O) groups is 2. The van der Waals surface area contributed by atoms with Crippen LogP contribution in [-0.2, 0) is 18.8 Å². The molecular formula is C27H44O5Si. The topological polar surface area (TPSA) is 61.8 Å². The second-order valence-corrected chi connectivity index (χ2v) is 15.2. The third kappa shape index (κ3) is 8.42. The summed E-state index contributed by atoms with van der Waals surface area (Å²) >= 11 is 0. The molecule has 1 atom stereocenters. The minimum Gasteiger partial charge on any atom is -0.497 e. The fraction of sp³-hybridized carbons (Fsp3) is 0.630. The van der Waals surface area contributed by atoms with E-state index in [1.54, 1.807) is 7.11 Å². The first kappa shape index (κ1) is 29.1. The summed E-state index contributed by atoms with van der Waals surface area (Å²) < 4.78 is 17.1. The number of ether oxygens (including phenoxy) is 2. The number of carbonyl (C=O) groups excluding carboxylic acids is 2. The molecule has 6 heteroatoms. The maximum Gasteiger partial charge on any atom is 0.313 e. The molecule has 0 saturated heterocycles. The average Bonchev–Trinajstić information content (AvgIpc) is 2.77. The van der Waals surface area contributed by atoms with Crippen molar-refractivity contribution in [3.8, 4) is 5.75 Å². The SMILES string of the molecule is COC(=O)CC(=O)CC/C(C)=C\CC(O[Si](C(C)C)(C(C)C)C(C)C)c1ccc(OC)cc1. The van der Waals surface area contributed by atoms with Crippen LogP contribution in [0, 0.1) is 0 Å². The Morgan fingerprint density at radius 1 is 0.909 bits per heavy atom. The summed E-state index contributed by atoms with van der Waals surface area (Å²) in [4.78, 5) is 23.3. The molecule has 0 fully saturated rings. The molecule has 1 aromatic rings. The van der Waals surface area contributed by atoms with Gasteiger partial charge in [0.1, 0.15) is 18.0 Å². The average molecular weight is 477 g/mol. The molecule has 0 N–H and O–H groups in total. The van der Waals surface area contributed by atoms with Crippen molar-refractivity contribution in [2.45, 2.75) is 96.9 Å². The van der Waals surface area contributed by atoms with Gasteiger partial charge in [0.2, 0.25) is 8.32 Å². The molecule has 0 saturated carbocycles. The molecule has 5 nitrogen and oxygen atoms in total. The highest BCUT2D eigenvalue weighted by Crippen LogP contribution is 2.46. The number of allylic oxidation sites excluding steroid dienone is 1. The third-order valence-electron chi connectivity index (χ3n) is 6.59. The number of Topliss-reactive ketones (excluding diaryl/α,β-unsaturated/α-hetero) is 1. The molecule has 0 spiro atoms. The second-order valence-electron chi connectivity index (χ2n) is 9.78. The maximum absolute atomic E-state index is 12.0. The maximum atomic E-state index is 12.0. The summed E-state index contributed by atoms with van der Waals surface area (Å²) in [6, 6.07) is 8.15. The Labute approximate surface area is 202 Å². The lowest BCUT2D eigenvalue weighted by Gasteiger charge is -2.44. The summed E-state index contributed by atoms with van der Waals surface area (Å²) in [6.45, 7) is 15.8. The molecule has 0 bridgehead atoms. The van der Waals surface area contributed by atoms with Gasteiger partial charge in [-0.3, -0.25) is 9.59 Å². The smallest absolute Gasteiger partial charge is 0.313 e. The van der Waals surface area contributed by atoms with Crippen molar-refractivity contribution in [2.75, 3.05) is 14.2 Å². The normalized spacial score (nSPS) is 13.5. The summed E-state index contributed by atoms with van der Waals surface area (Å²) in [5.74, 6) is 0.254. The van der Waals surface area contributed by atoms with Crippen molar-refractivity contribution in [3.05, 3.63) is 41.5 Å². The van der Waals surface area contributed by atoms with Crippen LogP contribution >= 0.6 is 0 Å². The Balaban J connectivity index is 3.11. The number of benzene rings is 1. The Bertz CT molecular complexity index is 758. The molecule has 0 aliphatic heterocycles. The lowest BCUT2D eigenvalue weighted by molar-refractivity contribution is -0.143. The van der Waals surface area contributed by atoms with Crippen LogP contribution in [0.15, 0.2) is 35.9 Å². The van der Waals surface area contributed by atoms with Gasteiger partial charge < -0.3 is 13.9 Å². The zero-order valence-electron chi connectivity index (χ0n) is 22.1. The highest BCUT2D eigenvalue weighted by Gasteiger charge is 2.46. The monoisotopic (exact) mass is 476 g/mol. The standard InChI is InChI=1S/C27H44O5Si/c1-19(2)33(20(3)4,21(5)6)32-26(23-12-15-25(30-8)16-13-23)17-11-22(7)10-14-24(28)18-27(29)31-9/h11-13,15-16,19-21,26H,10,14,17-18H2,1-9H3/b22-11-. The first-order valence-corrected chi connectivity index (χ1v) is 14.2. The van der Waals surface area contributed by atoms with Crippen LogP contribution in [0.25, 0.3) is 0 Å². The number of esters is 1. The quantitative estimate of drug-likeness (QED) is 0.123. The predicted molar refractivity (Wildman–Crippen MR) is 137 cm³/mol. The first-order valence-electron chi connectivity index (χ1n) is 12.0. The van der Waals surface area contributed by atoms with E-state index in [1.165, 1.54) is 7.11 Å². The molecule has 0 heterocycles. The van der Waals surface area contributed by atoms with Crippen molar-refractivity contribution >= 4 is 20.1 Å². The molecule has 0 aliphatic rings. The fourth-order valence-corrected chi connectivity index (χ4v) is 10.3. The van der Waals surface area contributed by atoms with Gasteiger partial charge in [-0.05, 0) is 54.1 Å². The molecular weight excluding hydrogens is 432 g/mol. The Hall–Kier alpha value is -1.92. The molecule has 1 rings (SSSR count). The molecule has 1 unspecified atom stereocenters. The number of ketones is 1. The number of methoxy groups -OCH3 is 2. The van der Waals surface area contributed by atoms with E-state index in [0.29, 0.717) is 29.5 Å². The van der Waals surface area contributed by atoms with Crippen LogP contribution in [0.1, 0.15) is 85.8 Å². The third-order valence-corrected chi connectivity index (χ3v) is 12.7. The van der Waals surface area contributed by atoms with Crippen molar-refractivity contribution < 1.29 is 23.5 Å². The van der Waals surface area contributed by atoms with Crippen molar-refractivity contribution in [1.29, 1.82) is 0 Å². The van der Waals surface area contributed by atoms with Crippen LogP contribution in [-0.4, -0.2) is 34.3 Å². The molecule has 1 aromatic carbocycles. The summed E-state index contributed by atoms with van der Waals surface area (Å²) in [5, 5.41) is 0. The molecule has 0 amide bonds. The molecule has 33 heavy (non-hydrogen) atoms. The molecule has 0 aliphatic carbocycles. The van der Waals surface area contributed by atoms with E-state index < -0.39 is 14.3 Å². The predicted octanol–water partition coefficient (Wildman–Crippen LogP) is 7.18. The molecule has 186 valence electrons. The van der Waals surface area contributed by atoms with Gasteiger partial charge in [0, 0.05) is 6.42 Å². The summed E-state index contributed by atoms with van der Waals surface area (Å²) in [5.41, 5.74) is 3.72. The number of rotatable bonds is 14. The fourth-order valence-electron chi connectivity index (χ4n) is 4.79. The van der Waals surface area contributed by atoms with Crippen LogP contribution in [0.3, 0.4) is 0 Å². The van der Waals surface area contributed by atoms with Gasteiger partial charge in [-0.1, -0.05) is 65.3 Å². The summed E-state index contributed by atoms with van der Waals surface area (Å²) in [7, 11) is 0.880. The van der Waals surface area contributed by atoms with E-state index in [-0.39, 0.29) is 18.3 Å². The van der Waals surface area contributed by atoms with E-state index in [4.69, 9.17) is 9.16 Å². The zero-order chi connectivity index (χ0) is 25.2. The van der Waals surface area contributed by atoms with E-state index in [1.807, 2.05) is 19.1 Å². The van der Waals surface area contributed by atoms with E-state index >= 15 is 0 Å². The van der Waals surface area contributed by atoms with Gasteiger partial charge in [0.05, 0.1) is 20.3 Å². The summed E-state index contributed by atoms with van der Waals surface area (Å²) in [6.07, 6.45) is 3.67. The minimum absolute atomic E-state index is 0.0597. The van der Waals surface area contributed by atoms with Gasteiger partial charge in [0.25, 0.3) is 0 Å². The first-order chi connectivity index (χ1) is 15.5. The molecule has 0 aromatic heterocycles. The van der Waals surface area contributed by atoms with E-state index in [2.05, 4.69) is 64.5 Å². The molecule has 0 radical (unpaired) electrons. The Kier molecular flexibility index (Phi) is 12.1. The van der Waals surface area contributed by atoms with Gasteiger partial charge in [-0.2, -0.15) is 0 Å². The van der Waals surface area contributed by atoms with Gasteiger partial charge >= 0.3 is 5.97 Å². The number of hydrogen-bond donors (Lipinski definition) is 0. The minimum atomic E-state index is -2.09. The highest BCUT2D eigenvalue weighted by molar-refractivity contribution is 6.77. The lowest BCUT2D eigenvalue weighted by atomic mass is 10.0.